The van der Waals surface area contributed by atoms with Gasteiger partial charge in [-0.15, -0.1) is 11.3 Å². The van der Waals surface area contributed by atoms with Gasteiger partial charge in [-0.2, -0.15) is 0 Å². The predicted octanol–water partition coefficient (Wildman–Crippen LogP) is 2.46. The van der Waals surface area contributed by atoms with Crippen LogP contribution in [0.5, 0.6) is 0 Å². The monoisotopic (exact) mass is 202 g/mol. The molecule has 0 saturated heterocycles. The van der Waals surface area contributed by atoms with Crippen LogP contribution in [0, 0.1) is 0 Å². The first kappa shape index (κ1) is 9.71. The molecule has 0 atom stereocenters. The van der Waals surface area contributed by atoms with Crippen molar-refractivity contribution in [1.82, 2.24) is 10.3 Å². The molecule has 1 aromatic rings. The molecule has 12 heavy (non-hydrogen) atoms. The fourth-order valence-electron chi connectivity index (χ4n) is 0.753. The van der Waals surface area contributed by atoms with Crippen molar-refractivity contribution in [2.75, 3.05) is 6.54 Å². The van der Waals surface area contributed by atoms with E-state index in [2.05, 4.69) is 16.9 Å². The van der Waals surface area contributed by atoms with Crippen LogP contribution in [-0.4, -0.2) is 11.5 Å². The van der Waals surface area contributed by atoms with Crippen molar-refractivity contribution < 1.29 is 0 Å². The minimum atomic E-state index is 0.738. The molecule has 66 valence electrons. The van der Waals surface area contributed by atoms with E-state index in [9.17, 15) is 0 Å². The van der Waals surface area contributed by atoms with Crippen molar-refractivity contribution in [3.8, 4) is 0 Å². The molecule has 1 rings (SSSR count). The number of nitrogens with one attached hydrogen (secondary N) is 1. The van der Waals surface area contributed by atoms with Crippen molar-refractivity contribution in [3.63, 3.8) is 0 Å². The van der Waals surface area contributed by atoms with Gasteiger partial charge in [0.15, 0.2) is 0 Å². The lowest BCUT2D eigenvalue weighted by Gasteiger charge is -1.99. The zero-order valence-electron chi connectivity index (χ0n) is 6.93. The lowest BCUT2D eigenvalue weighted by atomic mass is 10.3. The summed E-state index contributed by atoms with van der Waals surface area (Å²) in [6.07, 6.45) is 1.67. The SMILES string of the molecule is C=C(C)CNCc1ncc(Cl)s1. The van der Waals surface area contributed by atoms with Crippen LogP contribution < -0.4 is 5.32 Å². The second-order valence-corrected chi connectivity index (χ2v) is 4.37. The number of hydrogen-bond donors (Lipinski definition) is 1. The van der Waals surface area contributed by atoms with Crippen molar-refractivity contribution in [2.45, 2.75) is 13.5 Å². The second-order valence-electron chi connectivity index (χ2n) is 2.62. The molecule has 0 aliphatic rings. The van der Waals surface area contributed by atoms with E-state index in [0.717, 1.165) is 28.0 Å². The predicted molar refractivity (Wildman–Crippen MR) is 53.6 cm³/mol. The van der Waals surface area contributed by atoms with Gasteiger partial charge in [-0.3, -0.25) is 0 Å². The van der Waals surface area contributed by atoms with Crippen LogP contribution in [-0.2, 0) is 6.54 Å². The first-order valence-corrected chi connectivity index (χ1v) is 4.83. The molecule has 0 bridgehead atoms. The summed E-state index contributed by atoms with van der Waals surface area (Å²) in [5.74, 6) is 0. The Morgan fingerprint density at radius 3 is 3.08 bits per heavy atom. The maximum Gasteiger partial charge on any atom is 0.113 e. The Bertz CT molecular complexity index is 270. The molecule has 4 heteroatoms. The highest BCUT2D eigenvalue weighted by Crippen LogP contribution is 2.17. The third kappa shape index (κ3) is 3.34. The Morgan fingerprint density at radius 2 is 2.58 bits per heavy atom. The lowest BCUT2D eigenvalue weighted by molar-refractivity contribution is 0.736. The normalized spacial score (nSPS) is 10.2. The van der Waals surface area contributed by atoms with Gasteiger partial charge in [-0.25, -0.2) is 4.98 Å². The van der Waals surface area contributed by atoms with Gasteiger partial charge in [0, 0.05) is 13.1 Å². The van der Waals surface area contributed by atoms with Gasteiger partial charge in [0.05, 0.1) is 6.20 Å². The summed E-state index contributed by atoms with van der Waals surface area (Å²) in [7, 11) is 0. The summed E-state index contributed by atoms with van der Waals surface area (Å²) in [4.78, 5) is 4.11. The van der Waals surface area contributed by atoms with Crippen LogP contribution in [0.15, 0.2) is 18.3 Å². The molecule has 0 aromatic carbocycles. The first-order chi connectivity index (χ1) is 5.68. The van der Waals surface area contributed by atoms with Gasteiger partial charge < -0.3 is 5.32 Å². The van der Waals surface area contributed by atoms with E-state index < -0.39 is 0 Å². The van der Waals surface area contributed by atoms with Gasteiger partial charge in [0.2, 0.25) is 0 Å². The average molecular weight is 203 g/mol. The summed E-state index contributed by atoms with van der Waals surface area (Å²) in [5, 5.41) is 4.22. The number of halogens is 1. The van der Waals surface area contributed by atoms with Crippen molar-refractivity contribution in [2.24, 2.45) is 0 Å². The highest BCUT2D eigenvalue weighted by atomic mass is 35.5. The third-order valence-electron chi connectivity index (χ3n) is 1.23. The minimum Gasteiger partial charge on any atom is -0.307 e. The number of nitrogens with zero attached hydrogens (tertiary/aromatic N) is 1. The molecule has 0 amide bonds. The fourth-order valence-corrected chi connectivity index (χ4v) is 1.68. The van der Waals surface area contributed by atoms with E-state index in [1.807, 2.05) is 6.92 Å². The Morgan fingerprint density at radius 1 is 1.83 bits per heavy atom. The maximum absolute atomic E-state index is 5.71. The van der Waals surface area contributed by atoms with Gasteiger partial charge in [-0.1, -0.05) is 23.8 Å². The van der Waals surface area contributed by atoms with Crippen LogP contribution in [0.2, 0.25) is 4.34 Å². The quantitative estimate of drug-likeness (QED) is 0.759. The molecule has 0 saturated carbocycles. The van der Waals surface area contributed by atoms with E-state index in [1.54, 1.807) is 6.20 Å². The Labute approximate surface area is 81.3 Å². The molecule has 2 nitrogen and oxygen atoms in total. The minimum absolute atomic E-state index is 0.738. The summed E-state index contributed by atoms with van der Waals surface area (Å²) in [6.45, 7) is 7.37. The van der Waals surface area contributed by atoms with Gasteiger partial charge in [-0.05, 0) is 6.92 Å². The third-order valence-corrected chi connectivity index (χ3v) is 2.34. The van der Waals surface area contributed by atoms with Gasteiger partial charge in [0.1, 0.15) is 9.34 Å². The number of rotatable bonds is 4. The number of thiazole rings is 1. The van der Waals surface area contributed by atoms with E-state index in [-0.39, 0.29) is 0 Å². The highest BCUT2D eigenvalue weighted by molar-refractivity contribution is 7.15. The number of hydrogen-bond acceptors (Lipinski definition) is 3. The Kier molecular flexibility index (Phi) is 3.72. The summed E-state index contributed by atoms with van der Waals surface area (Å²) < 4.78 is 0.738. The van der Waals surface area contributed by atoms with Crippen LogP contribution in [0.25, 0.3) is 0 Å². The zero-order valence-corrected chi connectivity index (χ0v) is 8.50. The highest BCUT2D eigenvalue weighted by Gasteiger charge is 1.97. The molecule has 1 N–H and O–H groups in total. The van der Waals surface area contributed by atoms with Crippen LogP contribution in [0.3, 0.4) is 0 Å². The Hall–Kier alpha value is -0.380. The van der Waals surface area contributed by atoms with E-state index in [0.29, 0.717) is 0 Å². The molecular formula is C8H11ClN2S. The van der Waals surface area contributed by atoms with Gasteiger partial charge in [0.25, 0.3) is 0 Å². The van der Waals surface area contributed by atoms with Crippen molar-refractivity contribution in [1.29, 1.82) is 0 Å². The molecule has 0 aliphatic carbocycles. The van der Waals surface area contributed by atoms with Crippen molar-refractivity contribution in [3.05, 3.63) is 27.7 Å². The summed E-state index contributed by atoms with van der Waals surface area (Å²) >= 11 is 7.21. The molecule has 0 spiro atoms. The zero-order chi connectivity index (χ0) is 8.97. The smallest absolute Gasteiger partial charge is 0.113 e. The van der Waals surface area contributed by atoms with Crippen LogP contribution >= 0.6 is 22.9 Å². The molecule has 1 heterocycles. The fraction of sp³-hybridized carbons (Fsp3) is 0.375. The van der Waals surface area contributed by atoms with E-state index >= 15 is 0 Å². The average Bonchev–Trinajstić information content (AvgIpc) is 2.35. The molecular weight excluding hydrogens is 192 g/mol. The molecule has 0 fully saturated rings. The maximum atomic E-state index is 5.71. The lowest BCUT2D eigenvalue weighted by Crippen LogP contribution is -2.14. The summed E-state index contributed by atoms with van der Waals surface area (Å²) in [5.41, 5.74) is 1.12. The molecule has 0 radical (unpaired) electrons. The van der Waals surface area contributed by atoms with E-state index in [4.69, 9.17) is 11.6 Å². The Balaban J connectivity index is 2.29. The summed E-state index contributed by atoms with van der Waals surface area (Å²) in [6, 6.07) is 0. The van der Waals surface area contributed by atoms with Gasteiger partial charge >= 0.3 is 0 Å². The van der Waals surface area contributed by atoms with Crippen molar-refractivity contribution >= 4 is 22.9 Å². The first-order valence-electron chi connectivity index (χ1n) is 3.64. The topological polar surface area (TPSA) is 24.9 Å². The molecule has 1 aromatic heterocycles. The molecule has 0 aliphatic heterocycles. The molecule has 0 unspecified atom stereocenters. The largest absolute Gasteiger partial charge is 0.307 e. The van der Waals surface area contributed by atoms with Crippen LogP contribution in [0.1, 0.15) is 11.9 Å². The van der Waals surface area contributed by atoms with E-state index in [1.165, 1.54) is 11.3 Å². The second kappa shape index (κ2) is 4.60. The van der Waals surface area contributed by atoms with Crippen LogP contribution in [0.4, 0.5) is 0 Å². The standard InChI is InChI=1S/C8H11ClN2S/c1-6(2)3-10-5-8-11-4-7(9)12-8/h4,10H,1,3,5H2,2H3. The number of aromatic nitrogens is 1.